The number of fused-ring (bicyclic) bond motifs is 1. The molecule has 1 amide bonds. The molecule has 0 atom stereocenters. The van der Waals surface area contributed by atoms with E-state index in [2.05, 4.69) is 11.4 Å². The summed E-state index contributed by atoms with van der Waals surface area (Å²) in [6.45, 7) is 1.99. The van der Waals surface area contributed by atoms with Gasteiger partial charge in [0.2, 0.25) is 0 Å². The van der Waals surface area contributed by atoms with Crippen molar-refractivity contribution in [3.8, 4) is 22.4 Å². The normalized spacial score (nSPS) is 10.9. The van der Waals surface area contributed by atoms with Crippen molar-refractivity contribution in [2.45, 2.75) is 6.92 Å². The van der Waals surface area contributed by atoms with Crippen molar-refractivity contribution in [3.05, 3.63) is 101 Å². The van der Waals surface area contributed by atoms with E-state index in [4.69, 9.17) is 10.7 Å². The number of thiophene rings is 1. The first-order valence-corrected chi connectivity index (χ1v) is 11.1. The molecular formula is C27H21N3OS. The van der Waals surface area contributed by atoms with Crippen LogP contribution in [0.1, 0.15) is 15.2 Å². The van der Waals surface area contributed by atoms with Crippen LogP contribution < -0.4 is 11.1 Å². The maximum atomic E-state index is 13.1. The predicted octanol–water partition coefficient (Wildman–Crippen LogP) is 6.77. The summed E-state index contributed by atoms with van der Waals surface area (Å²) in [5.74, 6) is -0.226. The lowest BCUT2D eigenvalue weighted by Crippen LogP contribution is -2.12. The molecule has 32 heavy (non-hydrogen) atoms. The Hall–Kier alpha value is -3.96. The minimum Gasteiger partial charge on any atom is -0.397 e. The van der Waals surface area contributed by atoms with E-state index < -0.39 is 0 Å². The average Bonchev–Trinajstić information content (AvgIpc) is 3.16. The standard InChI is InChI=1S/C27H21N3OS/c1-17-9-8-14-20(15-17)29-26(31)25-24(28)23-21(18-10-4-2-5-11-18)16-22(30-27(23)32-25)19-12-6-3-7-13-19/h2-16H,28H2,1H3,(H,29,31). The van der Waals surface area contributed by atoms with Crippen molar-refractivity contribution in [3.63, 3.8) is 0 Å². The molecular weight excluding hydrogens is 414 g/mol. The second-order valence-electron chi connectivity index (χ2n) is 7.64. The lowest BCUT2D eigenvalue weighted by atomic mass is 9.99. The summed E-state index contributed by atoms with van der Waals surface area (Å²) >= 11 is 1.32. The highest BCUT2D eigenvalue weighted by molar-refractivity contribution is 7.21. The molecule has 4 nitrogen and oxygen atoms in total. The Kier molecular flexibility index (Phi) is 5.17. The molecule has 2 heterocycles. The first kappa shape index (κ1) is 20.0. The number of nitrogens with one attached hydrogen (secondary N) is 1. The number of carbonyl (C=O) groups excluding carboxylic acids is 1. The molecule has 3 N–H and O–H groups in total. The van der Waals surface area contributed by atoms with Crippen LogP contribution in [-0.2, 0) is 0 Å². The third kappa shape index (κ3) is 3.74. The maximum Gasteiger partial charge on any atom is 0.267 e. The highest BCUT2D eigenvalue weighted by atomic mass is 32.1. The molecule has 0 saturated heterocycles. The van der Waals surface area contributed by atoms with Gasteiger partial charge in [0.05, 0.1) is 11.4 Å². The van der Waals surface area contributed by atoms with E-state index in [1.165, 1.54) is 11.3 Å². The SMILES string of the molecule is Cc1cccc(NC(=O)c2sc3nc(-c4ccccc4)cc(-c4ccccc4)c3c2N)c1. The fourth-order valence-corrected chi connectivity index (χ4v) is 4.82. The van der Waals surface area contributed by atoms with Crippen LogP contribution >= 0.6 is 11.3 Å². The van der Waals surface area contributed by atoms with Gasteiger partial charge in [-0.1, -0.05) is 72.8 Å². The molecule has 0 bridgehead atoms. The van der Waals surface area contributed by atoms with Gasteiger partial charge in [-0.05, 0) is 41.8 Å². The molecule has 0 saturated carbocycles. The van der Waals surface area contributed by atoms with Crippen LogP contribution in [-0.4, -0.2) is 10.9 Å². The number of hydrogen-bond acceptors (Lipinski definition) is 4. The molecule has 0 unspecified atom stereocenters. The van der Waals surface area contributed by atoms with Crippen LogP contribution in [0.2, 0.25) is 0 Å². The lowest BCUT2D eigenvalue weighted by molar-refractivity contribution is 0.103. The summed E-state index contributed by atoms with van der Waals surface area (Å²) in [6, 6.07) is 29.9. The predicted molar refractivity (Wildman–Crippen MR) is 134 cm³/mol. The fourth-order valence-electron chi connectivity index (χ4n) is 3.80. The van der Waals surface area contributed by atoms with E-state index in [-0.39, 0.29) is 5.91 Å². The number of aromatic nitrogens is 1. The summed E-state index contributed by atoms with van der Waals surface area (Å²) < 4.78 is 0. The van der Waals surface area contributed by atoms with Crippen LogP contribution in [0.3, 0.4) is 0 Å². The number of benzene rings is 3. The van der Waals surface area contributed by atoms with Crippen LogP contribution in [0, 0.1) is 6.92 Å². The van der Waals surface area contributed by atoms with Gasteiger partial charge in [-0.2, -0.15) is 0 Å². The summed E-state index contributed by atoms with van der Waals surface area (Å²) in [5.41, 5.74) is 12.7. The van der Waals surface area contributed by atoms with Gasteiger partial charge in [-0.3, -0.25) is 4.79 Å². The highest BCUT2D eigenvalue weighted by Gasteiger charge is 2.21. The zero-order valence-electron chi connectivity index (χ0n) is 17.5. The number of carbonyl (C=O) groups is 1. The third-order valence-corrected chi connectivity index (χ3v) is 6.43. The van der Waals surface area contributed by atoms with E-state index in [0.29, 0.717) is 10.6 Å². The van der Waals surface area contributed by atoms with Gasteiger partial charge >= 0.3 is 0 Å². The van der Waals surface area contributed by atoms with Gasteiger partial charge in [-0.25, -0.2) is 4.98 Å². The Bertz CT molecular complexity index is 1430. The quantitative estimate of drug-likeness (QED) is 0.327. The maximum absolute atomic E-state index is 13.1. The lowest BCUT2D eigenvalue weighted by Gasteiger charge is -2.09. The van der Waals surface area contributed by atoms with Gasteiger partial charge in [0, 0.05) is 16.6 Å². The van der Waals surface area contributed by atoms with Crippen LogP contribution in [0.5, 0.6) is 0 Å². The zero-order chi connectivity index (χ0) is 22.1. The number of nitrogen functional groups attached to an aromatic ring is 1. The smallest absolute Gasteiger partial charge is 0.267 e. The highest BCUT2D eigenvalue weighted by Crippen LogP contribution is 2.41. The van der Waals surface area contributed by atoms with Gasteiger partial charge < -0.3 is 11.1 Å². The molecule has 156 valence electrons. The topological polar surface area (TPSA) is 68.0 Å². The Morgan fingerprint density at radius 2 is 1.56 bits per heavy atom. The van der Waals surface area contributed by atoms with Crippen molar-refractivity contribution >= 4 is 38.8 Å². The summed E-state index contributed by atoms with van der Waals surface area (Å²) in [6.07, 6.45) is 0. The largest absolute Gasteiger partial charge is 0.397 e. The van der Waals surface area contributed by atoms with Gasteiger partial charge in [-0.15, -0.1) is 11.3 Å². The second kappa shape index (κ2) is 8.29. The summed E-state index contributed by atoms with van der Waals surface area (Å²) in [7, 11) is 0. The Labute approximate surface area is 190 Å². The minimum atomic E-state index is -0.226. The van der Waals surface area contributed by atoms with Gasteiger partial charge in [0.1, 0.15) is 9.71 Å². The number of anilines is 2. The van der Waals surface area contributed by atoms with Crippen molar-refractivity contribution in [1.29, 1.82) is 0 Å². The number of hydrogen-bond donors (Lipinski definition) is 2. The Morgan fingerprint density at radius 1 is 0.875 bits per heavy atom. The van der Waals surface area contributed by atoms with Gasteiger partial charge in [0.25, 0.3) is 5.91 Å². The number of amides is 1. The first-order valence-electron chi connectivity index (χ1n) is 10.3. The molecule has 0 radical (unpaired) electrons. The van der Waals surface area contributed by atoms with E-state index in [9.17, 15) is 4.79 Å². The molecule has 0 fully saturated rings. The Morgan fingerprint density at radius 3 is 2.25 bits per heavy atom. The third-order valence-electron chi connectivity index (χ3n) is 5.34. The van der Waals surface area contributed by atoms with Gasteiger partial charge in [0.15, 0.2) is 0 Å². The van der Waals surface area contributed by atoms with E-state index in [1.807, 2.05) is 91.9 Å². The van der Waals surface area contributed by atoms with Crippen molar-refractivity contribution in [1.82, 2.24) is 4.98 Å². The fraction of sp³-hybridized carbons (Fsp3) is 0.0370. The number of rotatable bonds is 4. The monoisotopic (exact) mass is 435 g/mol. The molecule has 0 spiro atoms. The molecule has 0 aliphatic heterocycles. The summed E-state index contributed by atoms with van der Waals surface area (Å²) in [4.78, 5) is 19.2. The van der Waals surface area contributed by atoms with E-state index in [0.717, 1.165) is 43.9 Å². The molecule has 0 aliphatic carbocycles. The van der Waals surface area contributed by atoms with E-state index in [1.54, 1.807) is 0 Å². The summed E-state index contributed by atoms with van der Waals surface area (Å²) in [5, 5.41) is 3.79. The first-order chi connectivity index (χ1) is 15.6. The number of aryl methyl sites for hydroxylation is 1. The average molecular weight is 436 g/mol. The van der Waals surface area contributed by atoms with Crippen LogP contribution in [0.4, 0.5) is 11.4 Å². The molecule has 5 rings (SSSR count). The zero-order valence-corrected chi connectivity index (χ0v) is 18.3. The van der Waals surface area contributed by atoms with Crippen molar-refractivity contribution in [2.24, 2.45) is 0 Å². The molecule has 5 heteroatoms. The number of nitrogens with zero attached hydrogens (tertiary/aromatic N) is 1. The van der Waals surface area contributed by atoms with Crippen LogP contribution in [0.25, 0.3) is 32.6 Å². The minimum absolute atomic E-state index is 0.226. The molecule has 5 aromatic rings. The second-order valence-corrected chi connectivity index (χ2v) is 8.63. The molecule has 3 aromatic carbocycles. The van der Waals surface area contributed by atoms with E-state index >= 15 is 0 Å². The van der Waals surface area contributed by atoms with Crippen LogP contribution in [0.15, 0.2) is 91.0 Å². The van der Waals surface area contributed by atoms with Crippen molar-refractivity contribution < 1.29 is 4.79 Å². The van der Waals surface area contributed by atoms with Crippen molar-refractivity contribution in [2.75, 3.05) is 11.1 Å². The Balaban J connectivity index is 1.67. The number of pyridine rings is 1. The molecule has 0 aliphatic rings. The number of nitrogens with two attached hydrogens (primary N) is 1. The molecule has 2 aromatic heterocycles.